The van der Waals surface area contributed by atoms with Crippen LogP contribution in [0.25, 0.3) is 0 Å². The summed E-state index contributed by atoms with van der Waals surface area (Å²) in [6.07, 6.45) is 1.49. The molecule has 0 bridgehead atoms. The van der Waals surface area contributed by atoms with Gasteiger partial charge in [0.25, 0.3) is 0 Å². The number of carbonyl (C=O) groups is 2. The molecule has 0 spiro atoms. The maximum atomic E-state index is 12.4. The van der Waals surface area contributed by atoms with Crippen LogP contribution in [0.5, 0.6) is 0 Å². The first-order chi connectivity index (χ1) is 11.5. The Kier molecular flexibility index (Phi) is 6.61. The molecule has 0 saturated carbocycles. The molecule has 132 valence electrons. The SMILES string of the molecule is CC(C)N(C[C@@H]1CCCN1C(=O)OCc1ccccc1)C(=O)CN. The topological polar surface area (TPSA) is 75.9 Å². The molecule has 1 aromatic carbocycles. The van der Waals surface area contributed by atoms with Crippen LogP contribution in [0, 0.1) is 0 Å². The Labute approximate surface area is 143 Å². The van der Waals surface area contributed by atoms with Crippen molar-refractivity contribution >= 4 is 12.0 Å². The zero-order chi connectivity index (χ0) is 17.5. The Balaban J connectivity index is 1.93. The Morgan fingerprint density at radius 1 is 1.33 bits per heavy atom. The molecule has 0 unspecified atom stereocenters. The van der Waals surface area contributed by atoms with E-state index in [9.17, 15) is 9.59 Å². The molecule has 24 heavy (non-hydrogen) atoms. The van der Waals surface area contributed by atoms with Gasteiger partial charge in [-0.25, -0.2) is 4.79 Å². The van der Waals surface area contributed by atoms with Crippen LogP contribution in [-0.4, -0.2) is 53.5 Å². The molecule has 2 amide bonds. The van der Waals surface area contributed by atoms with Gasteiger partial charge in [0.15, 0.2) is 0 Å². The molecule has 1 heterocycles. The Morgan fingerprint density at radius 3 is 2.67 bits per heavy atom. The Bertz CT molecular complexity index is 548. The third-order valence-electron chi connectivity index (χ3n) is 4.34. The van der Waals surface area contributed by atoms with E-state index in [1.807, 2.05) is 44.2 Å². The minimum atomic E-state index is -0.315. The lowest BCUT2D eigenvalue weighted by molar-refractivity contribution is -0.132. The Hall–Kier alpha value is -2.08. The summed E-state index contributed by atoms with van der Waals surface area (Å²) in [5.74, 6) is -0.0884. The predicted octanol–water partition coefficient (Wildman–Crippen LogP) is 1.98. The number of ether oxygens (including phenoxy) is 1. The van der Waals surface area contributed by atoms with Crippen LogP contribution in [0.15, 0.2) is 30.3 Å². The smallest absolute Gasteiger partial charge is 0.410 e. The number of amides is 2. The zero-order valence-electron chi connectivity index (χ0n) is 14.5. The molecule has 0 aliphatic carbocycles. The van der Waals surface area contributed by atoms with E-state index in [1.165, 1.54) is 0 Å². The lowest BCUT2D eigenvalue weighted by Crippen LogP contribution is -2.49. The largest absolute Gasteiger partial charge is 0.445 e. The van der Waals surface area contributed by atoms with Crippen molar-refractivity contribution < 1.29 is 14.3 Å². The second-order valence-corrected chi connectivity index (χ2v) is 6.37. The number of hydrogen-bond acceptors (Lipinski definition) is 4. The number of likely N-dealkylation sites (tertiary alicyclic amines) is 1. The van der Waals surface area contributed by atoms with E-state index >= 15 is 0 Å². The van der Waals surface area contributed by atoms with Crippen LogP contribution in [0.1, 0.15) is 32.3 Å². The van der Waals surface area contributed by atoms with Gasteiger partial charge in [-0.15, -0.1) is 0 Å². The van der Waals surface area contributed by atoms with Crippen LogP contribution in [0.2, 0.25) is 0 Å². The minimum Gasteiger partial charge on any atom is -0.445 e. The van der Waals surface area contributed by atoms with Crippen molar-refractivity contribution in [3.8, 4) is 0 Å². The van der Waals surface area contributed by atoms with Crippen molar-refractivity contribution in [2.75, 3.05) is 19.6 Å². The summed E-state index contributed by atoms with van der Waals surface area (Å²) >= 11 is 0. The summed E-state index contributed by atoms with van der Waals surface area (Å²) in [6, 6.07) is 9.66. The number of nitrogens with zero attached hydrogens (tertiary/aromatic N) is 2. The monoisotopic (exact) mass is 333 g/mol. The van der Waals surface area contributed by atoms with Crippen LogP contribution in [0.4, 0.5) is 4.79 Å². The fourth-order valence-corrected chi connectivity index (χ4v) is 3.01. The molecule has 1 atom stereocenters. The van der Waals surface area contributed by atoms with Gasteiger partial charge in [-0.2, -0.15) is 0 Å². The molecule has 6 nitrogen and oxygen atoms in total. The van der Waals surface area contributed by atoms with Crippen molar-refractivity contribution in [3.05, 3.63) is 35.9 Å². The summed E-state index contributed by atoms with van der Waals surface area (Å²) in [5, 5.41) is 0. The van der Waals surface area contributed by atoms with Crippen molar-refractivity contribution in [2.24, 2.45) is 5.73 Å². The maximum absolute atomic E-state index is 12.4. The van der Waals surface area contributed by atoms with Gasteiger partial charge in [0, 0.05) is 19.1 Å². The van der Waals surface area contributed by atoms with E-state index in [1.54, 1.807) is 9.80 Å². The van der Waals surface area contributed by atoms with E-state index in [-0.39, 0.29) is 37.2 Å². The predicted molar refractivity (Wildman–Crippen MR) is 92.3 cm³/mol. The van der Waals surface area contributed by atoms with E-state index in [0.717, 1.165) is 18.4 Å². The Morgan fingerprint density at radius 2 is 2.04 bits per heavy atom. The number of nitrogens with two attached hydrogens (primary N) is 1. The number of hydrogen-bond donors (Lipinski definition) is 1. The number of benzene rings is 1. The van der Waals surface area contributed by atoms with E-state index in [2.05, 4.69) is 0 Å². The summed E-state index contributed by atoms with van der Waals surface area (Å²) < 4.78 is 5.43. The maximum Gasteiger partial charge on any atom is 0.410 e. The highest BCUT2D eigenvalue weighted by Crippen LogP contribution is 2.20. The third kappa shape index (κ3) is 4.71. The zero-order valence-corrected chi connectivity index (χ0v) is 14.5. The summed E-state index contributed by atoms with van der Waals surface area (Å²) in [5.41, 5.74) is 6.46. The molecule has 1 aliphatic rings. The van der Waals surface area contributed by atoms with Crippen molar-refractivity contribution in [2.45, 2.75) is 45.4 Å². The first kappa shape index (κ1) is 18.3. The normalized spacial score (nSPS) is 17.2. The van der Waals surface area contributed by atoms with E-state index in [4.69, 9.17) is 10.5 Å². The van der Waals surface area contributed by atoms with Gasteiger partial charge >= 0.3 is 6.09 Å². The summed E-state index contributed by atoms with van der Waals surface area (Å²) in [6.45, 7) is 5.35. The van der Waals surface area contributed by atoms with Crippen LogP contribution < -0.4 is 5.73 Å². The van der Waals surface area contributed by atoms with Crippen LogP contribution >= 0.6 is 0 Å². The lowest BCUT2D eigenvalue weighted by Gasteiger charge is -2.32. The van der Waals surface area contributed by atoms with Crippen molar-refractivity contribution in [3.63, 3.8) is 0 Å². The number of rotatable bonds is 6. The fourth-order valence-electron chi connectivity index (χ4n) is 3.01. The quantitative estimate of drug-likeness (QED) is 0.864. The van der Waals surface area contributed by atoms with Crippen LogP contribution in [-0.2, 0) is 16.1 Å². The van der Waals surface area contributed by atoms with Crippen molar-refractivity contribution in [1.29, 1.82) is 0 Å². The van der Waals surface area contributed by atoms with Gasteiger partial charge in [-0.1, -0.05) is 30.3 Å². The average molecular weight is 333 g/mol. The van der Waals surface area contributed by atoms with Gasteiger partial charge in [-0.05, 0) is 32.3 Å². The molecular weight excluding hydrogens is 306 g/mol. The second-order valence-electron chi connectivity index (χ2n) is 6.37. The molecule has 0 aromatic heterocycles. The average Bonchev–Trinajstić information content (AvgIpc) is 3.06. The van der Waals surface area contributed by atoms with Gasteiger partial charge in [-0.3, -0.25) is 4.79 Å². The van der Waals surface area contributed by atoms with Gasteiger partial charge in [0.05, 0.1) is 12.6 Å². The molecule has 2 N–H and O–H groups in total. The molecule has 1 saturated heterocycles. The molecule has 1 aliphatic heterocycles. The van der Waals surface area contributed by atoms with Gasteiger partial charge < -0.3 is 20.3 Å². The van der Waals surface area contributed by atoms with E-state index < -0.39 is 0 Å². The minimum absolute atomic E-state index is 0.00817. The van der Waals surface area contributed by atoms with E-state index in [0.29, 0.717) is 13.1 Å². The summed E-state index contributed by atoms with van der Waals surface area (Å²) in [7, 11) is 0. The fraction of sp³-hybridized carbons (Fsp3) is 0.556. The highest BCUT2D eigenvalue weighted by molar-refractivity contribution is 5.78. The third-order valence-corrected chi connectivity index (χ3v) is 4.34. The number of carbonyl (C=O) groups excluding carboxylic acids is 2. The molecule has 0 radical (unpaired) electrons. The molecular formula is C18H27N3O3. The first-order valence-electron chi connectivity index (χ1n) is 8.49. The highest BCUT2D eigenvalue weighted by atomic mass is 16.6. The van der Waals surface area contributed by atoms with Crippen LogP contribution in [0.3, 0.4) is 0 Å². The highest BCUT2D eigenvalue weighted by Gasteiger charge is 2.32. The summed E-state index contributed by atoms with van der Waals surface area (Å²) in [4.78, 5) is 27.9. The first-order valence-corrected chi connectivity index (χ1v) is 8.49. The molecule has 2 rings (SSSR count). The lowest BCUT2D eigenvalue weighted by atomic mass is 10.2. The van der Waals surface area contributed by atoms with Crippen molar-refractivity contribution in [1.82, 2.24) is 9.80 Å². The van der Waals surface area contributed by atoms with Gasteiger partial charge in [0.1, 0.15) is 6.61 Å². The standard InChI is InChI=1S/C18H27N3O3/c1-14(2)21(17(22)11-19)12-16-9-6-10-20(16)18(23)24-13-15-7-4-3-5-8-15/h3-5,7-8,14,16H,6,9-13,19H2,1-2H3/t16-/m0/s1. The molecule has 1 aromatic rings. The van der Waals surface area contributed by atoms with Gasteiger partial charge in [0.2, 0.25) is 5.91 Å². The molecule has 1 fully saturated rings. The molecule has 6 heteroatoms. The second kappa shape index (κ2) is 8.68.